The van der Waals surface area contributed by atoms with Crippen LogP contribution in [-0.2, 0) is 0 Å². The molecular formula is C25H20ClN5S. The second kappa shape index (κ2) is 8.34. The molecule has 0 spiro atoms. The van der Waals surface area contributed by atoms with Crippen molar-refractivity contribution in [2.24, 2.45) is 4.99 Å². The zero-order valence-corrected chi connectivity index (χ0v) is 19.5. The van der Waals surface area contributed by atoms with Gasteiger partial charge in [0, 0.05) is 34.1 Å². The summed E-state index contributed by atoms with van der Waals surface area (Å²) in [7, 11) is 0. The van der Waals surface area contributed by atoms with Gasteiger partial charge in [0.25, 0.3) is 0 Å². The third-order valence-electron chi connectivity index (χ3n) is 5.51. The summed E-state index contributed by atoms with van der Waals surface area (Å²) in [6.45, 7) is 6.22. The Labute approximate surface area is 195 Å². The van der Waals surface area contributed by atoms with Crippen LogP contribution in [0.25, 0.3) is 5.00 Å². The SMILES string of the molecule is CC[C@@H]1N=C(c2ccc(Cl)cc2)c2c(sc(C#Cc3ccncc3)c2C)-n2c(C)nnc21. The van der Waals surface area contributed by atoms with Crippen molar-refractivity contribution in [3.63, 3.8) is 0 Å². The Balaban J connectivity index is 1.75. The van der Waals surface area contributed by atoms with Gasteiger partial charge in [0.1, 0.15) is 16.9 Å². The molecule has 5 rings (SSSR count). The number of thiophene rings is 1. The molecule has 0 saturated heterocycles. The smallest absolute Gasteiger partial charge is 0.163 e. The van der Waals surface area contributed by atoms with Crippen molar-refractivity contribution in [2.75, 3.05) is 0 Å². The molecule has 7 heteroatoms. The van der Waals surface area contributed by atoms with E-state index in [9.17, 15) is 0 Å². The van der Waals surface area contributed by atoms with Crippen molar-refractivity contribution in [3.8, 4) is 16.8 Å². The van der Waals surface area contributed by atoms with E-state index in [1.807, 2.05) is 43.3 Å². The quantitative estimate of drug-likeness (QED) is 0.363. The topological polar surface area (TPSA) is 56.0 Å². The molecule has 4 aromatic rings. The van der Waals surface area contributed by atoms with E-state index in [0.717, 1.165) is 55.9 Å². The summed E-state index contributed by atoms with van der Waals surface area (Å²) in [5.74, 6) is 8.34. The number of nitrogens with zero attached hydrogens (tertiary/aromatic N) is 5. The molecule has 5 nitrogen and oxygen atoms in total. The molecule has 0 radical (unpaired) electrons. The van der Waals surface area contributed by atoms with Crippen molar-refractivity contribution in [1.29, 1.82) is 0 Å². The number of hydrogen-bond donors (Lipinski definition) is 0. The normalized spacial score (nSPS) is 14.6. The Morgan fingerprint density at radius 1 is 1.03 bits per heavy atom. The molecule has 0 saturated carbocycles. The largest absolute Gasteiger partial charge is 0.273 e. The van der Waals surface area contributed by atoms with Gasteiger partial charge in [-0.05, 0) is 50.1 Å². The summed E-state index contributed by atoms with van der Waals surface area (Å²) >= 11 is 7.82. The summed E-state index contributed by atoms with van der Waals surface area (Å²) in [6.07, 6.45) is 4.34. The minimum atomic E-state index is -0.0766. The number of fused-ring (bicyclic) bond motifs is 3. The first-order valence-electron chi connectivity index (χ1n) is 10.4. The van der Waals surface area contributed by atoms with Gasteiger partial charge in [0.2, 0.25) is 0 Å². The fraction of sp³-hybridized carbons (Fsp3) is 0.200. The number of hydrogen-bond acceptors (Lipinski definition) is 5. The van der Waals surface area contributed by atoms with E-state index < -0.39 is 0 Å². The average molecular weight is 458 g/mol. The van der Waals surface area contributed by atoms with Gasteiger partial charge >= 0.3 is 0 Å². The van der Waals surface area contributed by atoms with Gasteiger partial charge in [-0.1, -0.05) is 42.5 Å². The van der Waals surface area contributed by atoms with Crippen LogP contribution in [0.4, 0.5) is 0 Å². The van der Waals surface area contributed by atoms with E-state index in [0.29, 0.717) is 5.02 Å². The zero-order chi connectivity index (χ0) is 22.2. The zero-order valence-electron chi connectivity index (χ0n) is 17.9. The highest BCUT2D eigenvalue weighted by molar-refractivity contribution is 7.15. The number of benzene rings is 1. The lowest BCUT2D eigenvalue weighted by molar-refractivity contribution is 0.641. The highest BCUT2D eigenvalue weighted by atomic mass is 35.5. The van der Waals surface area contributed by atoms with E-state index >= 15 is 0 Å². The average Bonchev–Trinajstić information content (AvgIpc) is 3.29. The highest BCUT2D eigenvalue weighted by Gasteiger charge is 2.30. The molecule has 1 aliphatic heterocycles. The molecule has 0 bridgehead atoms. The highest BCUT2D eigenvalue weighted by Crippen LogP contribution is 2.39. The first kappa shape index (κ1) is 20.6. The van der Waals surface area contributed by atoms with Crippen LogP contribution in [0.15, 0.2) is 53.8 Å². The minimum Gasteiger partial charge on any atom is -0.273 e. The van der Waals surface area contributed by atoms with Crippen LogP contribution < -0.4 is 0 Å². The molecule has 1 aromatic carbocycles. The monoisotopic (exact) mass is 457 g/mol. The first-order chi connectivity index (χ1) is 15.6. The molecule has 0 N–H and O–H groups in total. The molecule has 0 amide bonds. The minimum absolute atomic E-state index is 0.0766. The maximum absolute atomic E-state index is 6.17. The van der Waals surface area contributed by atoms with Gasteiger partial charge in [-0.25, -0.2) is 0 Å². The van der Waals surface area contributed by atoms with E-state index in [1.54, 1.807) is 23.7 Å². The van der Waals surface area contributed by atoms with Crippen molar-refractivity contribution in [2.45, 2.75) is 33.2 Å². The molecule has 0 fully saturated rings. The van der Waals surface area contributed by atoms with Crippen LogP contribution in [0.3, 0.4) is 0 Å². The lowest BCUT2D eigenvalue weighted by atomic mass is 9.99. The van der Waals surface area contributed by atoms with Crippen molar-refractivity contribution >= 4 is 28.6 Å². The van der Waals surface area contributed by atoms with Crippen LogP contribution in [-0.4, -0.2) is 25.5 Å². The molecule has 0 aliphatic carbocycles. The van der Waals surface area contributed by atoms with Crippen LogP contribution in [0.1, 0.15) is 58.2 Å². The summed E-state index contributed by atoms with van der Waals surface area (Å²) in [5, 5.41) is 10.6. The van der Waals surface area contributed by atoms with E-state index in [1.165, 1.54) is 0 Å². The molecule has 1 aliphatic rings. The molecule has 4 heterocycles. The maximum Gasteiger partial charge on any atom is 0.163 e. The predicted octanol–water partition coefficient (Wildman–Crippen LogP) is 5.70. The van der Waals surface area contributed by atoms with Crippen LogP contribution in [0.2, 0.25) is 5.02 Å². The van der Waals surface area contributed by atoms with E-state index in [4.69, 9.17) is 16.6 Å². The van der Waals surface area contributed by atoms with Crippen molar-refractivity contribution < 1.29 is 0 Å². The fourth-order valence-corrected chi connectivity index (χ4v) is 5.19. The van der Waals surface area contributed by atoms with E-state index in [-0.39, 0.29) is 6.04 Å². The molecular weight excluding hydrogens is 438 g/mol. The first-order valence-corrected chi connectivity index (χ1v) is 11.6. The Hall–Kier alpha value is -3.27. The number of aromatic nitrogens is 4. The Bertz CT molecular complexity index is 1390. The number of pyridine rings is 1. The van der Waals surface area contributed by atoms with Crippen LogP contribution in [0.5, 0.6) is 0 Å². The van der Waals surface area contributed by atoms with Gasteiger partial charge in [-0.2, -0.15) is 0 Å². The van der Waals surface area contributed by atoms with Crippen LogP contribution >= 0.6 is 22.9 Å². The van der Waals surface area contributed by atoms with Gasteiger partial charge in [0.15, 0.2) is 5.82 Å². The Morgan fingerprint density at radius 2 is 1.78 bits per heavy atom. The van der Waals surface area contributed by atoms with Gasteiger partial charge in [-0.15, -0.1) is 21.5 Å². The number of aryl methyl sites for hydroxylation is 1. The second-order valence-corrected chi connectivity index (χ2v) is 9.01. The standard InChI is InChI=1S/C25H20ClN5S/c1-4-20-24-30-29-16(3)31(24)25-22(23(28-20)18-6-8-19(26)9-7-18)15(2)21(32-25)10-5-17-11-13-27-14-12-17/h6-9,11-14,20H,4H2,1-3H3/t20-/m0/s1. The summed E-state index contributed by atoms with van der Waals surface area (Å²) in [5.41, 5.74) is 5.09. The molecule has 0 unspecified atom stereocenters. The Morgan fingerprint density at radius 3 is 2.50 bits per heavy atom. The Kier molecular flexibility index (Phi) is 5.38. The molecule has 1 atom stereocenters. The summed E-state index contributed by atoms with van der Waals surface area (Å²) in [6, 6.07) is 11.6. The number of rotatable bonds is 2. The second-order valence-electron chi connectivity index (χ2n) is 7.57. The van der Waals surface area contributed by atoms with Crippen molar-refractivity contribution in [3.05, 3.63) is 92.6 Å². The maximum atomic E-state index is 6.17. The third kappa shape index (κ3) is 3.54. The molecule has 32 heavy (non-hydrogen) atoms. The third-order valence-corrected chi connectivity index (χ3v) is 6.95. The fourth-order valence-electron chi connectivity index (χ4n) is 3.84. The molecule has 158 valence electrons. The van der Waals surface area contributed by atoms with Gasteiger partial charge in [0.05, 0.1) is 10.6 Å². The lowest BCUT2D eigenvalue weighted by Gasteiger charge is -2.10. The predicted molar refractivity (Wildman–Crippen MR) is 129 cm³/mol. The van der Waals surface area contributed by atoms with Gasteiger partial charge in [-0.3, -0.25) is 14.5 Å². The van der Waals surface area contributed by atoms with E-state index in [2.05, 4.69) is 45.4 Å². The molecule has 3 aromatic heterocycles. The lowest BCUT2D eigenvalue weighted by Crippen LogP contribution is -2.07. The van der Waals surface area contributed by atoms with Crippen LogP contribution in [0, 0.1) is 25.7 Å². The summed E-state index contributed by atoms with van der Waals surface area (Å²) < 4.78 is 2.14. The van der Waals surface area contributed by atoms with Crippen molar-refractivity contribution in [1.82, 2.24) is 19.7 Å². The van der Waals surface area contributed by atoms with Gasteiger partial charge < -0.3 is 0 Å². The summed E-state index contributed by atoms with van der Waals surface area (Å²) in [4.78, 5) is 10.3. The number of aliphatic imine (C=N–C) groups is 1. The number of halogens is 1.